The van der Waals surface area contributed by atoms with E-state index in [0.717, 1.165) is 22.9 Å². The van der Waals surface area contributed by atoms with E-state index >= 15 is 0 Å². The molecule has 5 nitrogen and oxygen atoms in total. The first-order valence-corrected chi connectivity index (χ1v) is 8.73. The van der Waals surface area contributed by atoms with Gasteiger partial charge in [0, 0.05) is 30.9 Å². The van der Waals surface area contributed by atoms with Crippen LogP contribution >= 0.6 is 0 Å². The van der Waals surface area contributed by atoms with E-state index < -0.39 is 11.9 Å². The molecule has 3 heterocycles. The summed E-state index contributed by atoms with van der Waals surface area (Å²) in [5.41, 5.74) is 1.41. The van der Waals surface area contributed by atoms with Gasteiger partial charge in [-0.15, -0.1) is 0 Å². The van der Waals surface area contributed by atoms with Crippen molar-refractivity contribution in [2.24, 2.45) is 0 Å². The molecule has 0 saturated carbocycles. The molecular formula is C20H17F3N4O. The SMILES string of the molecule is COc1cccc2c1CCN(c1cc(C(F)(F)F)nc(-c3ccccn3)n1)C2. The van der Waals surface area contributed by atoms with Gasteiger partial charge in [-0.2, -0.15) is 13.2 Å². The Balaban J connectivity index is 1.75. The van der Waals surface area contributed by atoms with Gasteiger partial charge in [0.25, 0.3) is 0 Å². The second-order valence-electron chi connectivity index (χ2n) is 6.42. The number of methoxy groups -OCH3 is 1. The van der Waals surface area contributed by atoms with Gasteiger partial charge in [0.15, 0.2) is 11.5 Å². The molecule has 4 rings (SSSR count). The maximum absolute atomic E-state index is 13.4. The number of aromatic nitrogens is 3. The van der Waals surface area contributed by atoms with E-state index in [-0.39, 0.29) is 11.6 Å². The monoisotopic (exact) mass is 386 g/mol. The summed E-state index contributed by atoms with van der Waals surface area (Å²) < 4.78 is 45.7. The van der Waals surface area contributed by atoms with E-state index in [1.54, 1.807) is 25.3 Å². The lowest BCUT2D eigenvalue weighted by molar-refractivity contribution is -0.141. The molecule has 0 bridgehead atoms. The number of benzene rings is 1. The van der Waals surface area contributed by atoms with Crippen LogP contribution in [0.4, 0.5) is 19.0 Å². The van der Waals surface area contributed by atoms with Crippen LogP contribution in [0, 0.1) is 0 Å². The molecule has 0 spiro atoms. The van der Waals surface area contributed by atoms with Crippen LogP contribution in [0.5, 0.6) is 5.75 Å². The minimum atomic E-state index is -4.57. The Morgan fingerprint density at radius 3 is 2.64 bits per heavy atom. The molecule has 0 fully saturated rings. The molecule has 0 radical (unpaired) electrons. The fourth-order valence-electron chi connectivity index (χ4n) is 3.31. The molecule has 1 aliphatic heterocycles. The average molecular weight is 386 g/mol. The maximum Gasteiger partial charge on any atom is 0.433 e. The molecule has 8 heteroatoms. The zero-order valence-electron chi connectivity index (χ0n) is 15.1. The van der Waals surface area contributed by atoms with Gasteiger partial charge in [0.2, 0.25) is 0 Å². The van der Waals surface area contributed by atoms with Crippen molar-refractivity contribution in [2.75, 3.05) is 18.6 Å². The Labute approximate surface area is 159 Å². The van der Waals surface area contributed by atoms with Crippen LogP contribution in [0.1, 0.15) is 16.8 Å². The fraction of sp³-hybridized carbons (Fsp3) is 0.250. The first kappa shape index (κ1) is 18.2. The van der Waals surface area contributed by atoms with Crippen molar-refractivity contribution in [3.63, 3.8) is 0 Å². The second-order valence-corrected chi connectivity index (χ2v) is 6.42. The van der Waals surface area contributed by atoms with Gasteiger partial charge in [0.05, 0.1) is 7.11 Å². The van der Waals surface area contributed by atoms with E-state index in [0.29, 0.717) is 25.2 Å². The van der Waals surface area contributed by atoms with Crippen molar-refractivity contribution < 1.29 is 17.9 Å². The topological polar surface area (TPSA) is 51.1 Å². The van der Waals surface area contributed by atoms with Crippen LogP contribution in [-0.2, 0) is 19.1 Å². The third-order valence-electron chi connectivity index (χ3n) is 4.66. The minimum absolute atomic E-state index is 0.0399. The summed E-state index contributed by atoms with van der Waals surface area (Å²) in [4.78, 5) is 14.0. The lowest BCUT2D eigenvalue weighted by atomic mass is 9.98. The number of hydrogen-bond donors (Lipinski definition) is 0. The standard InChI is InChI=1S/C20H17F3N4O/c1-28-16-7-4-5-13-12-27(10-8-14(13)16)18-11-17(20(21,22)23)25-19(26-18)15-6-2-3-9-24-15/h2-7,9,11H,8,10,12H2,1H3. The summed E-state index contributed by atoms with van der Waals surface area (Å²) in [6.07, 6.45) is -2.41. The summed E-state index contributed by atoms with van der Waals surface area (Å²) in [5, 5.41) is 0. The fourth-order valence-corrected chi connectivity index (χ4v) is 3.31. The highest BCUT2D eigenvalue weighted by molar-refractivity contribution is 5.55. The molecule has 0 atom stereocenters. The van der Waals surface area contributed by atoms with Crippen LogP contribution in [0.2, 0.25) is 0 Å². The van der Waals surface area contributed by atoms with Crippen LogP contribution in [-0.4, -0.2) is 28.6 Å². The molecule has 28 heavy (non-hydrogen) atoms. The number of ether oxygens (including phenoxy) is 1. The third-order valence-corrected chi connectivity index (χ3v) is 4.66. The van der Waals surface area contributed by atoms with Crippen LogP contribution < -0.4 is 9.64 Å². The van der Waals surface area contributed by atoms with Gasteiger partial charge in [0.1, 0.15) is 17.3 Å². The maximum atomic E-state index is 13.4. The van der Waals surface area contributed by atoms with Gasteiger partial charge < -0.3 is 9.64 Å². The normalized spacial score (nSPS) is 13.9. The second kappa shape index (κ2) is 7.10. The van der Waals surface area contributed by atoms with Gasteiger partial charge >= 0.3 is 6.18 Å². The number of pyridine rings is 1. The van der Waals surface area contributed by atoms with Gasteiger partial charge in [-0.1, -0.05) is 18.2 Å². The summed E-state index contributed by atoms with van der Waals surface area (Å²) in [6.45, 7) is 0.978. The van der Waals surface area contributed by atoms with Crippen molar-refractivity contribution in [1.82, 2.24) is 15.0 Å². The number of hydrogen-bond acceptors (Lipinski definition) is 5. The minimum Gasteiger partial charge on any atom is -0.496 e. The predicted octanol–water partition coefficient (Wildman–Crippen LogP) is 4.13. The van der Waals surface area contributed by atoms with Crippen molar-refractivity contribution in [2.45, 2.75) is 19.1 Å². The van der Waals surface area contributed by atoms with E-state index in [1.807, 2.05) is 23.1 Å². The number of nitrogens with zero attached hydrogens (tertiary/aromatic N) is 4. The smallest absolute Gasteiger partial charge is 0.433 e. The van der Waals surface area contributed by atoms with E-state index in [4.69, 9.17) is 4.74 Å². The van der Waals surface area contributed by atoms with Crippen LogP contribution in [0.15, 0.2) is 48.7 Å². The summed E-state index contributed by atoms with van der Waals surface area (Å²) >= 11 is 0. The number of fused-ring (bicyclic) bond motifs is 1. The molecule has 0 saturated heterocycles. The molecule has 0 N–H and O–H groups in total. The van der Waals surface area contributed by atoms with Crippen LogP contribution in [0.25, 0.3) is 11.5 Å². The quantitative estimate of drug-likeness (QED) is 0.678. The molecule has 1 aromatic carbocycles. The first-order valence-electron chi connectivity index (χ1n) is 8.73. The first-order chi connectivity index (χ1) is 13.5. The molecule has 1 aliphatic rings. The molecular weight excluding hydrogens is 369 g/mol. The number of halogens is 3. The Hall–Kier alpha value is -3.16. The van der Waals surface area contributed by atoms with Gasteiger partial charge in [-0.3, -0.25) is 4.98 Å². The summed E-state index contributed by atoms with van der Waals surface area (Å²) in [6, 6.07) is 11.7. The highest BCUT2D eigenvalue weighted by atomic mass is 19.4. The Kier molecular flexibility index (Phi) is 4.62. The lowest BCUT2D eigenvalue weighted by Gasteiger charge is -2.31. The highest BCUT2D eigenvalue weighted by Gasteiger charge is 2.35. The highest BCUT2D eigenvalue weighted by Crippen LogP contribution is 2.34. The zero-order chi connectivity index (χ0) is 19.7. The number of rotatable bonds is 3. The van der Waals surface area contributed by atoms with E-state index in [9.17, 15) is 13.2 Å². The molecule has 0 aliphatic carbocycles. The van der Waals surface area contributed by atoms with E-state index in [1.165, 1.54) is 6.20 Å². The van der Waals surface area contributed by atoms with Gasteiger partial charge in [-0.25, -0.2) is 9.97 Å². The molecule has 2 aromatic heterocycles. The largest absolute Gasteiger partial charge is 0.496 e. The van der Waals surface area contributed by atoms with Crippen molar-refractivity contribution in [1.29, 1.82) is 0 Å². The van der Waals surface area contributed by atoms with E-state index in [2.05, 4.69) is 15.0 Å². The van der Waals surface area contributed by atoms with Crippen molar-refractivity contribution in [3.8, 4) is 17.3 Å². The Morgan fingerprint density at radius 1 is 1.07 bits per heavy atom. The Morgan fingerprint density at radius 2 is 1.93 bits per heavy atom. The Bertz CT molecular complexity index is 992. The average Bonchev–Trinajstić information content (AvgIpc) is 2.72. The zero-order valence-corrected chi connectivity index (χ0v) is 15.1. The van der Waals surface area contributed by atoms with Crippen molar-refractivity contribution in [3.05, 3.63) is 65.5 Å². The third kappa shape index (κ3) is 3.49. The predicted molar refractivity (Wildman–Crippen MR) is 98.0 cm³/mol. The lowest BCUT2D eigenvalue weighted by Crippen LogP contribution is -2.32. The van der Waals surface area contributed by atoms with Crippen molar-refractivity contribution >= 4 is 5.82 Å². The molecule has 3 aromatic rings. The van der Waals surface area contributed by atoms with Gasteiger partial charge in [-0.05, 0) is 30.2 Å². The molecule has 0 unspecified atom stereocenters. The summed E-state index contributed by atoms with van der Waals surface area (Å²) in [7, 11) is 1.61. The van der Waals surface area contributed by atoms with Crippen LogP contribution in [0.3, 0.4) is 0 Å². The molecule has 144 valence electrons. The number of anilines is 1. The molecule has 0 amide bonds. The number of alkyl halides is 3. The summed E-state index contributed by atoms with van der Waals surface area (Å²) in [5.74, 6) is 0.989.